The second-order valence-corrected chi connectivity index (χ2v) is 8.54. The standard InChI is InChI=1S/C22H34N2O2/c1-15(2)20(11-16-7-5-3-4-6-8-16)24-22(26)21-13-17-9-10-19(25)12-18(17)14-23-21/h9-10,12,15-16,20-21,23,25H,3-8,11,13-14H2,1-2H3,(H,24,26)/t20?,21-/m1/s1. The van der Waals surface area contributed by atoms with E-state index in [1.807, 2.05) is 6.07 Å². The number of phenolic OH excluding ortho intramolecular Hbond substituents is 1. The zero-order valence-electron chi connectivity index (χ0n) is 16.3. The van der Waals surface area contributed by atoms with Crippen molar-refractivity contribution in [2.24, 2.45) is 11.8 Å². The Morgan fingerprint density at radius 1 is 1.19 bits per heavy atom. The largest absolute Gasteiger partial charge is 0.508 e. The Morgan fingerprint density at radius 2 is 1.92 bits per heavy atom. The Balaban J connectivity index is 1.58. The summed E-state index contributed by atoms with van der Waals surface area (Å²) in [7, 11) is 0. The molecule has 2 aliphatic rings. The van der Waals surface area contributed by atoms with Gasteiger partial charge in [0.25, 0.3) is 0 Å². The molecule has 1 fully saturated rings. The van der Waals surface area contributed by atoms with Crippen molar-refractivity contribution in [2.75, 3.05) is 0 Å². The first-order valence-electron chi connectivity index (χ1n) is 10.4. The fourth-order valence-electron chi connectivity index (χ4n) is 4.43. The molecule has 1 unspecified atom stereocenters. The summed E-state index contributed by atoms with van der Waals surface area (Å²) in [6.45, 7) is 5.07. The number of carbonyl (C=O) groups is 1. The molecule has 4 nitrogen and oxygen atoms in total. The Morgan fingerprint density at radius 3 is 2.62 bits per heavy atom. The summed E-state index contributed by atoms with van der Waals surface area (Å²) in [5.74, 6) is 1.62. The zero-order valence-corrected chi connectivity index (χ0v) is 16.3. The molecule has 1 aromatic carbocycles. The van der Waals surface area contributed by atoms with Crippen molar-refractivity contribution in [2.45, 2.75) is 83.8 Å². The van der Waals surface area contributed by atoms with Crippen molar-refractivity contribution in [1.82, 2.24) is 10.6 Å². The molecule has 144 valence electrons. The molecule has 3 N–H and O–H groups in total. The molecule has 1 saturated carbocycles. The lowest BCUT2D eigenvalue weighted by Gasteiger charge is -2.31. The van der Waals surface area contributed by atoms with Gasteiger partial charge in [0.05, 0.1) is 6.04 Å². The van der Waals surface area contributed by atoms with Crippen LogP contribution in [0.2, 0.25) is 0 Å². The van der Waals surface area contributed by atoms with Crippen LogP contribution in [0.3, 0.4) is 0 Å². The van der Waals surface area contributed by atoms with E-state index in [-0.39, 0.29) is 23.7 Å². The van der Waals surface area contributed by atoms with Crippen LogP contribution in [0.1, 0.15) is 69.9 Å². The van der Waals surface area contributed by atoms with Crippen LogP contribution in [0, 0.1) is 11.8 Å². The third-order valence-corrected chi connectivity index (χ3v) is 6.16. The Hall–Kier alpha value is -1.55. The molecule has 0 saturated heterocycles. The third kappa shape index (κ3) is 5.00. The minimum Gasteiger partial charge on any atom is -0.508 e. The number of nitrogens with one attached hydrogen (secondary N) is 2. The minimum absolute atomic E-state index is 0.121. The lowest BCUT2D eigenvalue weighted by atomic mass is 9.87. The number of hydrogen-bond donors (Lipinski definition) is 3. The van der Waals surface area contributed by atoms with E-state index in [1.54, 1.807) is 12.1 Å². The summed E-state index contributed by atoms with van der Waals surface area (Å²) in [6, 6.07) is 5.52. The fraction of sp³-hybridized carbons (Fsp3) is 0.682. The van der Waals surface area contributed by atoms with Gasteiger partial charge in [-0.25, -0.2) is 0 Å². The smallest absolute Gasteiger partial charge is 0.237 e. The highest BCUT2D eigenvalue weighted by atomic mass is 16.3. The average Bonchev–Trinajstić information content (AvgIpc) is 2.89. The Bertz CT molecular complexity index is 606. The number of carbonyl (C=O) groups excluding carboxylic acids is 1. The maximum atomic E-state index is 12.9. The molecule has 26 heavy (non-hydrogen) atoms. The second-order valence-electron chi connectivity index (χ2n) is 8.54. The van der Waals surface area contributed by atoms with Gasteiger partial charge in [0.1, 0.15) is 5.75 Å². The molecule has 4 heteroatoms. The number of phenols is 1. The maximum absolute atomic E-state index is 12.9. The molecule has 3 rings (SSSR count). The number of fused-ring (bicyclic) bond motifs is 1. The van der Waals surface area contributed by atoms with Crippen molar-refractivity contribution in [3.63, 3.8) is 0 Å². The van der Waals surface area contributed by atoms with Gasteiger partial charge >= 0.3 is 0 Å². The summed E-state index contributed by atoms with van der Waals surface area (Å²) in [5, 5.41) is 16.3. The van der Waals surface area contributed by atoms with E-state index in [2.05, 4.69) is 24.5 Å². The predicted octanol–water partition coefficient (Wildman–Crippen LogP) is 3.91. The van der Waals surface area contributed by atoms with Crippen molar-refractivity contribution in [3.8, 4) is 5.75 Å². The van der Waals surface area contributed by atoms with Crippen molar-refractivity contribution in [3.05, 3.63) is 29.3 Å². The highest BCUT2D eigenvalue weighted by Gasteiger charge is 2.28. The first kappa shape index (κ1) is 19.2. The van der Waals surface area contributed by atoms with E-state index in [9.17, 15) is 9.90 Å². The summed E-state index contributed by atoms with van der Waals surface area (Å²) in [4.78, 5) is 12.9. The molecule has 2 atom stereocenters. The Kier molecular flexibility index (Phi) is 6.58. The van der Waals surface area contributed by atoms with Crippen LogP contribution in [0.15, 0.2) is 18.2 Å². The number of rotatable bonds is 5. The normalized spacial score (nSPS) is 22.5. The van der Waals surface area contributed by atoms with Crippen molar-refractivity contribution >= 4 is 5.91 Å². The molecular formula is C22H34N2O2. The van der Waals surface area contributed by atoms with Crippen LogP contribution < -0.4 is 10.6 Å². The summed E-state index contributed by atoms with van der Waals surface area (Å²) >= 11 is 0. The highest BCUT2D eigenvalue weighted by molar-refractivity contribution is 5.82. The van der Waals surface area contributed by atoms with Gasteiger partial charge in [-0.2, -0.15) is 0 Å². The van der Waals surface area contributed by atoms with Gasteiger partial charge in [-0.3, -0.25) is 4.79 Å². The molecule has 1 aliphatic heterocycles. The van der Waals surface area contributed by atoms with Gasteiger partial charge in [0, 0.05) is 12.6 Å². The molecule has 0 spiro atoms. The first-order chi connectivity index (χ1) is 12.5. The van der Waals surface area contributed by atoms with Gasteiger partial charge in [0.2, 0.25) is 5.91 Å². The summed E-state index contributed by atoms with van der Waals surface area (Å²) in [5.41, 5.74) is 2.25. The van der Waals surface area contributed by atoms with E-state index in [0.29, 0.717) is 18.9 Å². The van der Waals surface area contributed by atoms with Gasteiger partial charge in [-0.05, 0) is 47.9 Å². The lowest BCUT2D eigenvalue weighted by Crippen LogP contribution is -2.51. The third-order valence-electron chi connectivity index (χ3n) is 6.16. The number of benzene rings is 1. The molecule has 1 aromatic rings. The van der Waals surface area contributed by atoms with E-state index in [4.69, 9.17) is 0 Å². The predicted molar refractivity (Wildman–Crippen MR) is 105 cm³/mol. The van der Waals surface area contributed by atoms with E-state index >= 15 is 0 Å². The fourth-order valence-corrected chi connectivity index (χ4v) is 4.43. The number of aromatic hydroxyl groups is 1. The average molecular weight is 359 g/mol. The first-order valence-corrected chi connectivity index (χ1v) is 10.4. The molecule has 0 bridgehead atoms. The molecule has 0 aromatic heterocycles. The van der Waals surface area contributed by atoms with Crippen LogP contribution in [-0.2, 0) is 17.8 Å². The minimum atomic E-state index is -0.178. The van der Waals surface area contributed by atoms with Gasteiger partial charge < -0.3 is 15.7 Å². The lowest BCUT2D eigenvalue weighted by molar-refractivity contribution is -0.124. The molecular weight excluding hydrogens is 324 g/mol. The monoisotopic (exact) mass is 358 g/mol. The van der Waals surface area contributed by atoms with Crippen LogP contribution in [0.5, 0.6) is 5.75 Å². The topological polar surface area (TPSA) is 61.4 Å². The van der Waals surface area contributed by atoms with Gasteiger partial charge in [-0.15, -0.1) is 0 Å². The van der Waals surface area contributed by atoms with E-state index in [1.165, 1.54) is 38.5 Å². The van der Waals surface area contributed by atoms with Crippen molar-refractivity contribution in [1.29, 1.82) is 0 Å². The van der Waals surface area contributed by atoms with Gasteiger partial charge in [-0.1, -0.05) is 58.4 Å². The highest BCUT2D eigenvalue weighted by Crippen LogP contribution is 2.28. The molecule has 0 radical (unpaired) electrons. The van der Waals surface area contributed by atoms with Crippen LogP contribution in [0.25, 0.3) is 0 Å². The van der Waals surface area contributed by atoms with Crippen LogP contribution >= 0.6 is 0 Å². The number of amides is 1. The van der Waals surface area contributed by atoms with Crippen LogP contribution in [-0.4, -0.2) is 23.1 Å². The van der Waals surface area contributed by atoms with E-state index < -0.39 is 0 Å². The molecule has 1 amide bonds. The maximum Gasteiger partial charge on any atom is 0.237 e. The van der Waals surface area contributed by atoms with Gasteiger partial charge in [0.15, 0.2) is 0 Å². The number of hydrogen-bond acceptors (Lipinski definition) is 3. The SMILES string of the molecule is CC(C)C(CC1CCCCCC1)NC(=O)[C@H]1Cc2ccc(O)cc2CN1. The zero-order chi connectivity index (χ0) is 18.5. The van der Waals surface area contributed by atoms with E-state index in [0.717, 1.165) is 23.5 Å². The quantitative estimate of drug-likeness (QED) is 0.700. The summed E-state index contributed by atoms with van der Waals surface area (Å²) < 4.78 is 0. The molecule has 1 heterocycles. The second kappa shape index (κ2) is 8.90. The van der Waals surface area contributed by atoms with Crippen molar-refractivity contribution < 1.29 is 9.90 Å². The Labute approximate surface area is 157 Å². The van der Waals surface area contributed by atoms with Crippen LogP contribution in [0.4, 0.5) is 0 Å². The summed E-state index contributed by atoms with van der Waals surface area (Å²) in [6.07, 6.45) is 9.87. The molecule has 1 aliphatic carbocycles.